The molecule has 3 rings (SSSR count). The SMILES string of the molecule is C=C(C)C(=O)OCCCCOC(=O)c1cc(OC(=O)c2ccc(OCCCC)cc2)ccc1N=Nc1ccc(OCCCC)cc1. The van der Waals surface area contributed by atoms with Crippen LogP contribution in [0.1, 0.15) is 80.0 Å². The lowest BCUT2D eigenvalue weighted by Gasteiger charge is -2.10. The zero-order chi connectivity index (χ0) is 33.1. The largest absolute Gasteiger partial charge is 0.494 e. The van der Waals surface area contributed by atoms with Crippen molar-refractivity contribution in [2.24, 2.45) is 10.2 Å². The highest BCUT2D eigenvalue weighted by molar-refractivity contribution is 5.96. The molecule has 0 aliphatic rings. The van der Waals surface area contributed by atoms with Gasteiger partial charge in [-0.1, -0.05) is 33.3 Å². The maximum atomic E-state index is 13.1. The fraction of sp³-hybridized carbons (Fsp3) is 0.361. The molecule has 3 aromatic carbocycles. The van der Waals surface area contributed by atoms with Crippen LogP contribution in [0, 0.1) is 0 Å². The summed E-state index contributed by atoms with van der Waals surface area (Å²) in [6.45, 7) is 10.8. The molecule has 0 bridgehead atoms. The average Bonchev–Trinajstić information content (AvgIpc) is 3.06. The van der Waals surface area contributed by atoms with Crippen LogP contribution in [-0.4, -0.2) is 44.3 Å². The van der Waals surface area contributed by atoms with E-state index in [4.69, 9.17) is 23.7 Å². The van der Waals surface area contributed by atoms with Gasteiger partial charge in [0.05, 0.1) is 43.2 Å². The van der Waals surface area contributed by atoms with Crippen molar-refractivity contribution in [3.05, 3.63) is 90.0 Å². The first-order valence-electron chi connectivity index (χ1n) is 15.5. The Kier molecular flexibility index (Phi) is 15.0. The van der Waals surface area contributed by atoms with Crippen molar-refractivity contribution in [2.45, 2.75) is 59.3 Å². The summed E-state index contributed by atoms with van der Waals surface area (Å²) in [5.41, 5.74) is 1.51. The van der Waals surface area contributed by atoms with Gasteiger partial charge in [0.2, 0.25) is 0 Å². The number of benzene rings is 3. The summed E-state index contributed by atoms with van der Waals surface area (Å²) < 4.78 is 27.5. The first kappa shape index (κ1) is 35.5. The lowest BCUT2D eigenvalue weighted by atomic mass is 10.1. The Hall–Kier alpha value is -4.99. The third-order valence-electron chi connectivity index (χ3n) is 6.49. The monoisotopic (exact) mass is 630 g/mol. The van der Waals surface area contributed by atoms with Gasteiger partial charge in [0.15, 0.2) is 0 Å². The minimum absolute atomic E-state index is 0.0713. The number of carbonyl (C=O) groups excluding carboxylic acids is 3. The molecule has 0 spiro atoms. The Morgan fingerprint density at radius 1 is 0.652 bits per heavy atom. The highest BCUT2D eigenvalue weighted by atomic mass is 16.5. The van der Waals surface area contributed by atoms with Crippen LogP contribution < -0.4 is 14.2 Å². The summed E-state index contributed by atoms with van der Waals surface area (Å²) in [4.78, 5) is 37.5. The zero-order valence-electron chi connectivity index (χ0n) is 26.8. The molecule has 0 unspecified atom stereocenters. The summed E-state index contributed by atoms with van der Waals surface area (Å²) in [7, 11) is 0. The lowest BCUT2D eigenvalue weighted by Crippen LogP contribution is -2.11. The average molecular weight is 631 g/mol. The van der Waals surface area contributed by atoms with E-state index >= 15 is 0 Å². The van der Waals surface area contributed by atoms with E-state index < -0.39 is 17.9 Å². The molecule has 0 aliphatic heterocycles. The molecule has 0 amide bonds. The number of unbranched alkanes of at least 4 members (excludes halogenated alkanes) is 3. The Morgan fingerprint density at radius 3 is 1.80 bits per heavy atom. The third-order valence-corrected chi connectivity index (χ3v) is 6.49. The van der Waals surface area contributed by atoms with E-state index in [9.17, 15) is 14.4 Å². The van der Waals surface area contributed by atoms with Gasteiger partial charge in [0.1, 0.15) is 22.9 Å². The number of hydrogen-bond donors (Lipinski definition) is 0. The standard InChI is InChI=1S/C36H42N2O8/c1-5-7-21-42-29-15-11-27(12-16-29)35(40)46-31-19-20-33(38-37-28-13-17-30(18-14-28)43-22-8-6-2)32(25-31)36(41)45-24-10-9-23-44-34(39)26(3)4/h11-20,25H,3,5-10,21-24H2,1-2,4H3. The van der Waals surface area contributed by atoms with Crippen molar-refractivity contribution in [1.82, 2.24) is 0 Å². The summed E-state index contributed by atoms with van der Waals surface area (Å²) in [6.07, 6.45) is 4.93. The second-order valence-electron chi connectivity index (χ2n) is 10.5. The molecule has 0 heterocycles. The van der Waals surface area contributed by atoms with Gasteiger partial charge in [0, 0.05) is 5.57 Å². The van der Waals surface area contributed by atoms with Gasteiger partial charge < -0.3 is 23.7 Å². The van der Waals surface area contributed by atoms with E-state index in [1.165, 1.54) is 18.2 Å². The van der Waals surface area contributed by atoms with Gasteiger partial charge in [-0.25, -0.2) is 14.4 Å². The van der Waals surface area contributed by atoms with Gasteiger partial charge in [-0.15, -0.1) is 5.11 Å². The molecule has 0 radical (unpaired) electrons. The topological polar surface area (TPSA) is 122 Å². The normalized spacial score (nSPS) is 10.8. The number of carbonyl (C=O) groups is 3. The molecule has 46 heavy (non-hydrogen) atoms. The maximum Gasteiger partial charge on any atom is 0.343 e. The Bertz CT molecular complexity index is 1470. The molecule has 0 N–H and O–H groups in total. The van der Waals surface area contributed by atoms with Gasteiger partial charge in [-0.3, -0.25) is 0 Å². The molecular formula is C36H42N2O8. The fourth-order valence-corrected chi connectivity index (χ4v) is 3.81. The van der Waals surface area contributed by atoms with Crippen LogP contribution in [0.5, 0.6) is 17.2 Å². The minimum atomic E-state index is -0.668. The highest BCUT2D eigenvalue weighted by Crippen LogP contribution is 2.29. The summed E-state index contributed by atoms with van der Waals surface area (Å²) in [6, 6.07) is 18.3. The molecule has 0 fully saturated rings. The van der Waals surface area contributed by atoms with Crippen molar-refractivity contribution in [3.8, 4) is 17.2 Å². The van der Waals surface area contributed by atoms with E-state index in [2.05, 4.69) is 30.7 Å². The Morgan fingerprint density at radius 2 is 1.22 bits per heavy atom. The first-order chi connectivity index (χ1) is 22.3. The van der Waals surface area contributed by atoms with E-state index in [1.54, 1.807) is 55.5 Å². The van der Waals surface area contributed by atoms with Crippen LogP contribution in [0.2, 0.25) is 0 Å². The second-order valence-corrected chi connectivity index (χ2v) is 10.5. The van der Waals surface area contributed by atoms with Crippen LogP contribution in [0.3, 0.4) is 0 Å². The van der Waals surface area contributed by atoms with Crippen LogP contribution in [0.15, 0.2) is 89.1 Å². The van der Waals surface area contributed by atoms with Crippen molar-refractivity contribution < 1.29 is 38.1 Å². The fourth-order valence-electron chi connectivity index (χ4n) is 3.81. The van der Waals surface area contributed by atoms with E-state index in [1.807, 2.05) is 0 Å². The molecule has 0 saturated heterocycles. The van der Waals surface area contributed by atoms with Gasteiger partial charge in [0.25, 0.3) is 0 Å². The molecule has 3 aromatic rings. The summed E-state index contributed by atoms with van der Waals surface area (Å²) in [5.74, 6) is -0.195. The van der Waals surface area contributed by atoms with Crippen LogP contribution in [-0.2, 0) is 14.3 Å². The summed E-state index contributed by atoms with van der Waals surface area (Å²) in [5, 5.41) is 8.55. The van der Waals surface area contributed by atoms with Crippen molar-refractivity contribution >= 4 is 29.3 Å². The Labute approximate surface area is 270 Å². The molecule has 10 nitrogen and oxygen atoms in total. The molecule has 10 heteroatoms. The van der Waals surface area contributed by atoms with Gasteiger partial charge in [-0.2, -0.15) is 5.11 Å². The maximum absolute atomic E-state index is 13.1. The van der Waals surface area contributed by atoms with Crippen molar-refractivity contribution in [1.29, 1.82) is 0 Å². The highest BCUT2D eigenvalue weighted by Gasteiger charge is 2.17. The predicted octanol–water partition coefficient (Wildman–Crippen LogP) is 8.74. The number of nitrogens with zero attached hydrogens (tertiary/aromatic N) is 2. The zero-order valence-corrected chi connectivity index (χ0v) is 26.8. The number of rotatable bonds is 19. The molecule has 0 aliphatic carbocycles. The van der Waals surface area contributed by atoms with Gasteiger partial charge in [-0.05, 0) is 99.3 Å². The Balaban J connectivity index is 1.71. The number of azo groups is 1. The number of ether oxygens (including phenoxy) is 5. The lowest BCUT2D eigenvalue weighted by molar-refractivity contribution is -0.139. The van der Waals surface area contributed by atoms with Gasteiger partial charge >= 0.3 is 17.9 Å². The van der Waals surface area contributed by atoms with Crippen molar-refractivity contribution in [3.63, 3.8) is 0 Å². The molecule has 244 valence electrons. The van der Waals surface area contributed by atoms with Crippen LogP contribution in [0.4, 0.5) is 11.4 Å². The van der Waals surface area contributed by atoms with E-state index in [-0.39, 0.29) is 30.2 Å². The second kappa shape index (κ2) is 19.4. The van der Waals surface area contributed by atoms with Crippen LogP contribution in [0.25, 0.3) is 0 Å². The third kappa shape index (κ3) is 12.2. The number of hydrogen-bond acceptors (Lipinski definition) is 10. The molecule has 0 atom stereocenters. The van der Waals surface area contributed by atoms with E-state index in [0.29, 0.717) is 48.6 Å². The number of esters is 3. The first-order valence-corrected chi connectivity index (χ1v) is 15.5. The van der Waals surface area contributed by atoms with Crippen LogP contribution >= 0.6 is 0 Å². The van der Waals surface area contributed by atoms with E-state index in [0.717, 1.165) is 31.4 Å². The van der Waals surface area contributed by atoms with Crippen molar-refractivity contribution in [2.75, 3.05) is 26.4 Å². The summed E-state index contributed by atoms with van der Waals surface area (Å²) >= 11 is 0. The molecular weight excluding hydrogens is 588 g/mol. The molecule has 0 saturated carbocycles. The predicted molar refractivity (Wildman–Crippen MR) is 175 cm³/mol. The molecule has 0 aromatic heterocycles. The quantitative estimate of drug-likeness (QED) is 0.0424. The minimum Gasteiger partial charge on any atom is -0.494 e. The smallest absolute Gasteiger partial charge is 0.343 e.